The molecule has 0 bridgehead atoms. The highest BCUT2D eigenvalue weighted by atomic mass is 32.2. The van der Waals surface area contributed by atoms with Crippen LogP contribution in [0.5, 0.6) is 5.75 Å². The van der Waals surface area contributed by atoms with Crippen LogP contribution in [0.15, 0.2) is 47.4 Å². The number of hydrogen-bond acceptors (Lipinski definition) is 4. The number of anilines is 1. The van der Waals surface area contributed by atoms with E-state index in [1.54, 1.807) is 7.05 Å². The number of sulfonamides is 1. The van der Waals surface area contributed by atoms with Gasteiger partial charge in [0.15, 0.2) is 0 Å². The second-order valence-electron chi connectivity index (χ2n) is 7.14. The molecule has 0 saturated heterocycles. The molecule has 29 heavy (non-hydrogen) atoms. The molecule has 0 spiro atoms. The number of nitrogens with one attached hydrogen (secondary N) is 1. The van der Waals surface area contributed by atoms with Gasteiger partial charge in [0, 0.05) is 24.8 Å². The van der Waals surface area contributed by atoms with Crippen LogP contribution in [0.1, 0.15) is 42.5 Å². The fraction of sp³-hybridized carbons (Fsp3) is 0.381. The minimum atomic E-state index is -3.60. The van der Waals surface area contributed by atoms with Crippen molar-refractivity contribution in [3.8, 4) is 5.75 Å². The number of rotatable bonds is 6. The molecular formula is C21H25FN2O4S. The van der Waals surface area contributed by atoms with E-state index in [1.165, 1.54) is 47.8 Å². The van der Waals surface area contributed by atoms with E-state index >= 15 is 0 Å². The minimum absolute atomic E-state index is 0.0196. The van der Waals surface area contributed by atoms with Crippen molar-refractivity contribution in [1.82, 2.24) is 4.31 Å². The summed E-state index contributed by atoms with van der Waals surface area (Å²) < 4.78 is 46.2. The van der Waals surface area contributed by atoms with E-state index < -0.39 is 21.7 Å². The summed E-state index contributed by atoms with van der Waals surface area (Å²) in [4.78, 5) is 12.5. The van der Waals surface area contributed by atoms with Gasteiger partial charge in [0.05, 0.1) is 17.6 Å². The lowest BCUT2D eigenvalue weighted by molar-refractivity contribution is 0.102. The van der Waals surface area contributed by atoms with Gasteiger partial charge in [0.1, 0.15) is 11.6 Å². The Kier molecular flexibility index (Phi) is 6.54. The number of benzene rings is 2. The SMILES string of the molecule is COc1ccc(C(=O)Nc2ccc(S(=O)(=O)N(C)C3CCCCC3)cc2)c(F)c1. The summed E-state index contributed by atoms with van der Waals surface area (Å²) in [6.07, 6.45) is 4.97. The highest BCUT2D eigenvalue weighted by molar-refractivity contribution is 7.89. The molecule has 0 heterocycles. The van der Waals surface area contributed by atoms with Gasteiger partial charge >= 0.3 is 0 Å². The van der Waals surface area contributed by atoms with E-state index in [4.69, 9.17) is 4.74 Å². The molecular weight excluding hydrogens is 395 g/mol. The summed E-state index contributed by atoms with van der Waals surface area (Å²) in [5.41, 5.74) is 0.254. The Morgan fingerprint density at radius 3 is 2.34 bits per heavy atom. The van der Waals surface area contributed by atoms with Gasteiger partial charge in [0.2, 0.25) is 10.0 Å². The number of methoxy groups -OCH3 is 1. The predicted octanol–water partition coefficient (Wildman–Crippen LogP) is 4.04. The van der Waals surface area contributed by atoms with E-state index in [2.05, 4.69) is 5.32 Å². The van der Waals surface area contributed by atoms with Crippen molar-refractivity contribution in [2.24, 2.45) is 0 Å². The first kappa shape index (κ1) is 21.3. The minimum Gasteiger partial charge on any atom is -0.497 e. The van der Waals surface area contributed by atoms with Crippen LogP contribution in [0.25, 0.3) is 0 Å². The van der Waals surface area contributed by atoms with Crippen molar-refractivity contribution in [1.29, 1.82) is 0 Å². The van der Waals surface area contributed by atoms with E-state index in [9.17, 15) is 17.6 Å². The summed E-state index contributed by atoms with van der Waals surface area (Å²) in [7, 11) is -0.573. The smallest absolute Gasteiger partial charge is 0.258 e. The predicted molar refractivity (Wildman–Crippen MR) is 109 cm³/mol. The van der Waals surface area contributed by atoms with Crippen molar-refractivity contribution in [2.45, 2.75) is 43.0 Å². The molecule has 6 nitrogen and oxygen atoms in total. The number of ether oxygens (including phenoxy) is 1. The molecule has 0 atom stereocenters. The topological polar surface area (TPSA) is 75.7 Å². The van der Waals surface area contributed by atoms with E-state index in [0.717, 1.165) is 38.2 Å². The summed E-state index contributed by atoms with van der Waals surface area (Å²) in [6, 6.07) is 9.89. The summed E-state index contributed by atoms with van der Waals surface area (Å²) in [5.74, 6) is -1.01. The second kappa shape index (κ2) is 8.92. The van der Waals surface area contributed by atoms with Crippen LogP contribution in [-0.2, 0) is 10.0 Å². The van der Waals surface area contributed by atoms with Gasteiger partial charge in [-0.1, -0.05) is 19.3 Å². The molecule has 3 rings (SSSR count). The number of hydrogen-bond donors (Lipinski definition) is 1. The number of amides is 1. The van der Waals surface area contributed by atoms with Crippen LogP contribution in [0, 0.1) is 5.82 Å². The van der Waals surface area contributed by atoms with Gasteiger partial charge < -0.3 is 10.1 Å². The molecule has 8 heteroatoms. The van der Waals surface area contributed by atoms with Crippen LogP contribution < -0.4 is 10.1 Å². The zero-order chi connectivity index (χ0) is 21.0. The third kappa shape index (κ3) is 4.76. The Labute approximate surface area is 170 Å². The van der Waals surface area contributed by atoms with Gasteiger partial charge in [-0.2, -0.15) is 4.31 Å². The first-order valence-corrected chi connectivity index (χ1v) is 11.0. The van der Waals surface area contributed by atoms with Crippen LogP contribution in [0.2, 0.25) is 0 Å². The highest BCUT2D eigenvalue weighted by Gasteiger charge is 2.29. The largest absolute Gasteiger partial charge is 0.497 e. The van der Waals surface area contributed by atoms with Gasteiger partial charge in [-0.25, -0.2) is 12.8 Å². The van der Waals surface area contributed by atoms with Crippen molar-refractivity contribution >= 4 is 21.6 Å². The van der Waals surface area contributed by atoms with Crippen molar-refractivity contribution in [2.75, 3.05) is 19.5 Å². The lowest BCUT2D eigenvalue weighted by Gasteiger charge is -2.30. The molecule has 1 fully saturated rings. The molecule has 1 amide bonds. The van der Waals surface area contributed by atoms with Gasteiger partial charge in [-0.3, -0.25) is 4.79 Å². The third-order valence-corrected chi connectivity index (χ3v) is 7.22. The summed E-state index contributed by atoms with van der Waals surface area (Å²) >= 11 is 0. The van der Waals surface area contributed by atoms with Crippen LogP contribution in [0.3, 0.4) is 0 Å². The van der Waals surface area contributed by atoms with Gasteiger partial charge in [-0.05, 0) is 49.2 Å². The molecule has 0 unspecified atom stereocenters. The Hall–Kier alpha value is -2.45. The quantitative estimate of drug-likeness (QED) is 0.765. The molecule has 2 aromatic rings. The maximum atomic E-state index is 14.1. The fourth-order valence-electron chi connectivity index (χ4n) is 3.52. The molecule has 0 aliphatic heterocycles. The number of nitrogens with zero attached hydrogens (tertiary/aromatic N) is 1. The van der Waals surface area contributed by atoms with Crippen LogP contribution in [-0.4, -0.2) is 38.8 Å². The van der Waals surface area contributed by atoms with Crippen LogP contribution in [0.4, 0.5) is 10.1 Å². The summed E-state index contributed by atoms with van der Waals surface area (Å²) in [5, 5.41) is 2.58. The van der Waals surface area contributed by atoms with E-state index in [-0.39, 0.29) is 16.5 Å². The molecule has 0 radical (unpaired) electrons. The molecule has 1 N–H and O–H groups in total. The molecule has 156 valence electrons. The number of carbonyl (C=O) groups excluding carboxylic acids is 1. The summed E-state index contributed by atoms with van der Waals surface area (Å²) in [6.45, 7) is 0. The number of halogens is 1. The van der Waals surface area contributed by atoms with E-state index in [1.807, 2.05) is 0 Å². The molecule has 0 aromatic heterocycles. The maximum Gasteiger partial charge on any atom is 0.258 e. The van der Waals surface area contributed by atoms with Crippen molar-refractivity contribution < 1.29 is 22.3 Å². The third-order valence-electron chi connectivity index (χ3n) is 5.30. The monoisotopic (exact) mass is 420 g/mol. The average Bonchev–Trinajstić information content (AvgIpc) is 2.74. The molecule has 2 aromatic carbocycles. The standard InChI is InChI=1S/C21H25FN2O4S/c1-24(16-6-4-3-5-7-16)29(26,27)18-11-8-15(9-12-18)23-21(25)19-13-10-17(28-2)14-20(19)22/h8-14,16H,3-7H2,1-2H3,(H,23,25). The van der Waals surface area contributed by atoms with E-state index in [0.29, 0.717) is 11.4 Å². The highest BCUT2D eigenvalue weighted by Crippen LogP contribution is 2.27. The maximum absolute atomic E-state index is 14.1. The Morgan fingerprint density at radius 1 is 1.10 bits per heavy atom. The normalized spacial score (nSPS) is 15.3. The lowest BCUT2D eigenvalue weighted by Crippen LogP contribution is -2.38. The zero-order valence-electron chi connectivity index (χ0n) is 16.5. The average molecular weight is 421 g/mol. The lowest BCUT2D eigenvalue weighted by atomic mass is 9.96. The number of carbonyl (C=O) groups is 1. The van der Waals surface area contributed by atoms with Crippen LogP contribution >= 0.6 is 0 Å². The van der Waals surface area contributed by atoms with Crippen molar-refractivity contribution in [3.63, 3.8) is 0 Å². The molecule has 1 aliphatic rings. The Balaban J connectivity index is 1.72. The second-order valence-corrected chi connectivity index (χ2v) is 9.13. The van der Waals surface area contributed by atoms with Crippen molar-refractivity contribution in [3.05, 3.63) is 53.8 Å². The first-order chi connectivity index (χ1) is 13.8. The zero-order valence-corrected chi connectivity index (χ0v) is 17.3. The first-order valence-electron chi connectivity index (χ1n) is 9.56. The molecule has 1 saturated carbocycles. The van der Waals surface area contributed by atoms with Gasteiger partial charge in [0.25, 0.3) is 5.91 Å². The fourth-order valence-corrected chi connectivity index (χ4v) is 4.94. The molecule has 1 aliphatic carbocycles. The Morgan fingerprint density at radius 2 is 1.76 bits per heavy atom. The van der Waals surface area contributed by atoms with Gasteiger partial charge in [-0.15, -0.1) is 0 Å². The Bertz CT molecular complexity index is 971.